The summed E-state index contributed by atoms with van der Waals surface area (Å²) < 4.78 is 0. The van der Waals surface area contributed by atoms with Gasteiger partial charge >= 0.3 is 0 Å². The molecule has 1 saturated heterocycles. The maximum Gasteiger partial charge on any atom is 0.225 e. The van der Waals surface area contributed by atoms with Crippen LogP contribution >= 0.6 is 11.3 Å². The lowest BCUT2D eigenvalue weighted by molar-refractivity contribution is -0.116. The zero-order valence-corrected chi connectivity index (χ0v) is 13.7. The van der Waals surface area contributed by atoms with E-state index in [1.54, 1.807) is 11.8 Å². The van der Waals surface area contributed by atoms with Crippen molar-refractivity contribution in [1.82, 2.24) is 9.88 Å². The number of carbonyl (C=O) groups is 1. The van der Waals surface area contributed by atoms with Crippen molar-refractivity contribution >= 4 is 22.4 Å². The Morgan fingerprint density at radius 1 is 1.57 bits per heavy atom. The minimum Gasteiger partial charge on any atom is -0.396 e. The van der Waals surface area contributed by atoms with Crippen LogP contribution in [0.5, 0.6) is 0 Å². The number of carbonyl (C=O) groups excluding carboxylic acids is 1. The molecule has 2 rings (SSSR count). The summed E-state index contributed by atoms with van der Waals surface area (Å²) in [6, 6.07) is 0.462. The second-order valence-corrected chi connectivity index (χ2v) is 6.35. The number of hydrogen-bond acceptors (Lipinski definition) is 5. The summed E-state index contributed by atoms with van der Waals surface area (Å²) in [4.78, 5) is 20.3. The number of aromatic nitrogens is 1. The van der Waals surface area contributed by atoms with Gasteiger partial charge in [-0.15, -0.1) is 11.3 Å². The quantitative estimate of drug-likeness (QED) is 0.875. The summed E-state index contributed by atoms with van der Waals surface area (Å²) in [5.41, 5.74) is 1.03. The third-order valence-corrected chi connectivity index (χ3v) is 4.96. The van der Waals surface area contributed by atoms with Gasteiger partial charge in [0.2, 0.25) is 5.91 Å². The van der Waals surface area contributed by atoms with Crippen molar-refractivity contribution < 1.29 is 9.90 Å². The lowest BCUT2D eigenvalue weighted by Gasteiger charge is -2.35. The molecule has 0 aromatic carbocycles. The molecule has 1 unspecified atom stereocenters. The van der Waals surface area contributed by atoms with Crippen molar-refractivity contribution in [1.29, 1.82) is 0 Å². The Morgan fingerprint density at radius 3 is 3.05 bits per heavy atom. The fourth-order valence-corrected chi connectivity index (χ4v) is 3.86. The number of piperidine rings is 1. The third kappa shape index (κ3) is 4.25. The minimum atomic E-state index is 0.0366. The molecule has 0 aliphatic carbocycles. The van der Waals surface area contributed by atoms with E-state index in [0.29, 0.717) is 12.6 Å². The molecule has 1 fully saturated rings. The Kier molecular flexibility index (Phi) is 6.14. The molecule has 1 amide bonds. The maximum atomic E-state index is 11.6. The summed E-state index contributed by atoms with van der Waals surface area (Å²) in [6.45, 7) is 6.33. The number of nitrogens with zero attached hydrogens (tertiary/aromatic N) is 3. The average Bonchev–Trinajstić information content (AvgIpc) is 2.90. The highest BCUT2D eigenvalue weighted by Crippen LogP contribution is 2.25. The van der Waals surface area contributed by atoms with Gasteiger partial charge in [-0.05, 0) is 32.7 Å². The van der Waals surface area contributed by atoms with Crippen LogP contribution in [0.1, 0.15) is 45.2 Å². The summed E-state index contributed by atoms with van der Waals surface area (Å²) in [5, 5.41) is 12.0. The number of thiazole rings is 1. The Balaban J connectivity index is 2.02. The van der Waals surface area contributed by atoms with Gasteiger partial charge in [-0.25, -0.2) is 4.98 Å². The molecule has 1 N–H and O–H groups in total. The summed E-state index contributed by atoms with van der Waals surface area (Å²) in [7, 11) is 0. The predicted molar refractivity (Wildman–Crippen MR) is 85.6 cm³/mol. The van der Waals surface area contributed by atoms with Crippen LogP contribution in [0.4, 0.5) is 5.13 Å². The molecule has 6 heteroatoms. The van der Waals surface area contributed by atoms with Crippen LogP contribution in [0.3, 0.4) is 0 Å². The van der Waals surface area contributed by atoms with Crippen molar-refractivity contribution in [2.45, 2.75) is 52.1 Å². The van der Waals surface area contributed by atoms with Crippen LogP contribution in [0.15, 0.2) is 5.38 Å². The number of aliphatic hydroxyl groups excluding tert-OH is 1. The predicted octanol–water partition coefficient (Wildman–Crippen LogP) is 2.25. The number of rotatable bonds is 6. The van der Waals surface area contributed by atoms with E-state index in [1.165, 1.54) is 24.2 Å². The molecule has 21 heavy (non-hydrogen) atoms. The zero-order chi connectivity index (χ0) is 15.2. The van der Waals surface area contributed by atoms with Gasteiger partial charge in [0.1, 0.15) is 0 Å². The number of anilines is 1. The fourth-order valence-electron chi connectivity index (χ4n) is 2.94. The van der Waals surface area contributed by atoms with Crippen LogP contribution in [0.2, 0.25) is 0 Å². The molecule has 1 aliphatic heterocycles. The van der Waals surface area contributed by atoms with Crippen molar-refractivity contribution in [3.8, 4) is 0 Å². The van der Waals surface area contributed by atoms with Crippen LogP contribution in [-0.2, 0) is 11.3 Å². The molecule has 1 aromatic heterocycles. The van der Waals surface area contributed by atoms with Gasteiger partial charge in [-0.3, -0.25) is 14.6 Å². The van der Waals surface area contributed by atoms with Crippen LogP contribution in [0, 0.1) is 0 Å². The maximum absolute atomic E-state index is 11.6. The number of amides is 1. The van der Waals surface area contributed by atoms with Crippen LogP contribution in [0.25, 0.3) is 0 Å². The standard InChI is InChI=1S/C15H25N3O2S/c1-3-18(12(2)20)15-16-13(11-21-15)10-17-8-5-4-6-14(17)7-9-19/h11,14,19H,3-10H2,1-2H3. The van der Waals surface area contributed by atoms with Gasteiger partial charge in [0.25, 0.3) is 0 Å². The zero-order valence-electron chi connectivity index (χ0n) is 12.9. The smallest absolute Gasteiger partial charge is 0.225 e. The normalized spacial score (nSPS) is 19.7. The van der Waals surface area contributed by atoms with Crippen molar-refractivity contribution in [3.63, 3.8) is 0 Å². The van der Waals surface area contributed by atoms with Crippen molar-refractivity contribution in [2.75, 3.05) is 24.6 Å². The van der Waals surface area contributed by atoms with E-state index in [2.05, 4.69) is 9.88 Å². The molecular weight excluding hydrogens is 286 g/mol. The highest BCUT2D eigenvalue weighted by molar-refractivity contribution is 7.14. The second-order valence-electron chi connectivity index (χ2n) is 5.52. The monoisotopic (exact) mass is 311 g/mol. The molecule has 1 aliphatic rings. The first-order valence-corrected chi connectivity index (χ1v) is 8.61. The second kappa shape index (κ2) is 7.87. The van der Waals surface area contributed by atoms with Crippen molar-refractivity contribution in [3.05, 3.63) is 11.1 Å². The summed E-state index contributed by atoms with van der Waals surface area (Å²) >= 11 is 1.53. The summed E-state index contributed by atoms with van der Waals surface area (Å²) in [5.74, 6) is 0.0366. The van der Waals surface area contributed by atoms with E-state index < -0.39 is 0 Å². The van der Waals surface area contributed by atoms with Crippen LogP contribution < -0.4 is 4.90 Å². The molecule has 118 valence electrons. The van der Waals surface area contributed by atoms with E-state index >= 15 is 0 Å². The SMILES string of the molecule is CCN(C(C)=O)c1nc(CN2CCCCC2CCO)cs1. The molecule has 0 spiro atoms. The molecule has 5 nitrogen and oxygen atoms in total. The van der Waals surface area contributed by atoms with E-state index in [-0.39, 0.29) is 12.5 Å². The highest BCUT2D eigenvalue weighted by atomic mass is 32.1. The minimum absolute atomic E-state index is 0.0366. The Bertz CT molecular complexity index is 462. The van der Waals surface area contributed by atoms with E-state index in [0.717, 1.165) is 36.8 Å². The summed E-state index contributed by atoms with van der Waals surface area (Å²) in [6.07, 6.45) is 4.46. The molecule has 0 saturated carbocycles. The number of likely N-dealkylation sites (tertiary alicyclic amines) is 1. The lowest BCUT2D eigenvalue weighted by atomic mass is 9.99. The van der Waals surface area contributed by atoms with Crippen LogP contribution in [-0.4, -0.2) is 46.6 Å². The van der Waals surface area contributed by atoms with E-state index in [4.69, 9.17) is 0 Å². The number of hydrogen-bond donors (Lipinski definition) is 1. The Hall–Kier alpha value is -0.980. The molecule has 0 radical (unpaired) electrons. The highest BCUT2D eigenvalue weighted by Gasteiger charge is 2.23. The van der Waals surface area contributed by atoms with Gasteiger partial charge in [0, 0.05) is 38.0 Å². The molecular formula is C15H25N3O2S. The van der Waals surface area contributed by atoms with Gasteiger partial charge in [0.05, 0.1) is 5.69 Å². The van der Waals surface area contributed by atoms with E-state index in [9.17, 15) is 9.90 Å². The van der Waals surface area contributed by atoms with E-state index in [1.807, 2.05) is 12.3 Å². The topological polar surface area (TPSA) is 56.7 Å². The van der Waals surface area contributed by atoms with Gasteiger partial charge in [-0.1, -0.05) is 6.42 Å². The van der Waals surface area contributed by atoms with Gasteiger partial charge in [-0.2, -0.15) is 0 Å². The first kappa shape index (κ1) is 16.4. The largest absolute Gasteiger partial charge is 0.396 e. The first-order chi connectivity index (χ1) is 10.2. The molecule has 2 heterocycles. The Morgan fingerprint density at radius 2 is 2.38 bits per heavy atom. The first-order valence-electron chi connectivity index (χ1n) is 7.73. The average molecular weight is 311 g/mol. The molecule has 1 atom stereocenters. The third-order valence-electron chi connectivity index (χ3n) is 4.04. The van der Waals surface area contributed by atoms with Crippen molar-refractivity contribution in [2.24, 2.45) is 0 Å². The van der Waals surface area contributed by atoms with Gasteiger partial charge < -0.3 is 5.11 Å². The number of aliphatic hydroxyl groups is 1. The Labute approximate surface area is 130 Å². The molecule has 1 aromatic rings. The van der Waals surface area contributed by atoms with Gasteiger partial charge in [0.15, 0.2) is 5.13 Å². The lowest BCUT2D eigenvalue weighted by Crippen LogP contribution is -2.39. The molecule has 0 bridgehead atoms. The fraction of sp³-hybridized carbons (Fsp3) is 0.733.